The van der Waals surface area contributed by atoms with E-state index in [1.165, 1.54) is 31.0 Å². The molecular formula is C26H36ClN5O2S. The topological polar surface area (TPSA) is 78.4 Å². The van der Waals surface area contributed by atoms with E-state index in [4.69, 9.17) is 11.6 Å². The van der Waals surface area contributed by atoms with Crippen LogP contribution in [0, 0.1) is 0 Å². The molecule has 1 aromatic carbocycles. The van der Waals surface area contributed by atoms with Crippen molar-refractivity contribution in [1.29, 1.82) is 0 Å². The fourth-order valence-corrected chi connectivity index (χ4v) is 5.06. The fraction of sp³-hybridized carbons (Fsp3) is 0.538. The summed E-state index contributed by atoms with van der Waals surface area (Å²) in [6.45, 7) is 6.82. The third-order valence-electron chi connectivity index (χ3n) is 6.09. The Morgan fingerprint density at radius 1 is 1.11 bits per heavy atom. The average Bonchev–Trinajstić information content (AvgIpc) is 2.86. The van der Waals surface area contributed by atoms with Crippen molar-refractivity contribution in [2.24, 2.45) is 0 Å². The number of nitrogens with zero attached hydrogens (tertiary/aromatic N) is 4. The van der Waals surface area contributed by atoms with Gasteiger partial charge in [-0.05, 0) is 18.9 Å². The van der Waals surface area contributed by atoms with Gasteiger partial charge in [0.05, 0.1) is 5.75 Å². The molecule has 190 valence electrons. The molecule has 2 heterocycles. The van der Waals surface area contributed by atoms with Crippen molar-refractivity contribution >= 4 is 41.0 Å². The van der Waals surface area contributed by atoms with E-state index in [0.717, 1.165) is 24.2 Å². The first kappa shape index (κ1) is 27.3. The van der Waals surface area contributed by atoms with Crippen molar-refractivity contribution in [3.63, 3.8) is 0 Å². The summed E-state index contributed by atoms with van der Waals surface area (Å²) in [6, 6.07) is 11.6. The largest absolute Gasteiger partial charge is 0.353 e. The standard InChI is InChI=1S/C26H36ClN5O2S/c1-3-4-5-6-10-13-25(34)32-15-14-31(18-20(32)2)23-16-22(27)29-26(30-23)35-19-24(33)28-17-21-11-8-7-9-12-21/h7-9,11-12,16,20H,3-6,10,13-15,17-19H2,1-2H3,(H,28,33). The molecular weight excluding hydrogens is 482 g/mol. The number of piperazine rings is 1. The summed E-state index contributed by atoms with van der Waals surface area (Å²) < 4.78 is 0. The van der Waals surface area contributed by atoms with Gasteiger partial charge in [-0.1, -0.05) is 86.3 Å². The van der Waals surface area contributed by atoms with Crippen LogP contribution in [0.5, 0.6) is 0 Å². The van der Waals surface area contributed by atoms with Crippen molar-refractivity contribution in [3.8, 4) is 0 Å². The summed E-state index contributed by atoms with van der Waals surface area (Å²) in [4.78, 5) is 38.0. The van der Waals surface area contributed by atoms with E-state index in [-0.39, 0.29) is 23.6 Å². The lowest BCUT2D eigenvalue weighted by Crippen LogP contribution is -2.54. The lowest BCUT2D eigenvalue weighted by molar-refractivity contribution is -0.133. The minimum absolute atomic E-state index is 0.0839. The summed E-state index contributed by atoms with van der Waals surface area (Å²) >= 11 is 7.55. The number of thioether (sulfide) groups is 1. The molecule has 7 nitrogen and oxygen atoms in total. The van der Waals surface area contributed by atoms with Gasteiger partial charge in [0, 0.05) is 44.7 Å². The van der Waals surface area contributed by atoms with Gasteiger partial charge in [-0.2, -0.15) is 0 Å². The molecule has 0 aliphatic carbocycles. The first-order chi connectivity index (χ1) is 17.0. The lowest BCUT2D eigenvalue weighted by atomic mass is 10.1. The van der Waals surface area contributed by atoms with Crippen molar-refractivity contribution in [3.05, 3.63) is 47.1 Å². The number of aromatic nitrogens is 2. The lowest BCUT2D eigenvalue weighted by Gasteiger charge is -2.40. The summed E-state index contributed by atoms with van der Waals surface area (Å²) in [7, 11) is 0. The smallest absolute Gasteiger partial charge is 0.230 e. The van der Waals surface area contributed by atoms with Crippen LogP contribution in [-0.4, -0.2) is 58.1 Å². The van der Waals surface area contributed by atoms with E-state index in [9.17, 15) is 9.59 Å². The van der Waals surface area contributed by atoms with Gasteiger partial charge in [-0.15, -0.1) is 0 Å². The molecule has 2 amide bonds. The normalized spacial score (nSPS) is 15.8. The maximum Gasteiger partial charge on any atom is 0.230 e. The van der Waals surface area contributed by atoms with Crippen molar-refractivity contribution in [1.82, 2.24) is 20.2 Å². The van der Waals surface area contributed by atoms with Gasteiger partial charge in [0.1, 0.15) is 11.0 Å². The molecule has 1 unspecified atom stereocenters. The van der Waals surface area contributed by atoms with E-state index in [0.29, 0.717) is 42.9 Å². The number of hydrogen-bond acceptors (Lipinski definition) is 6. The van der Waals surface area contributed by atoms with Crippen LogP contribution < -0.4 is 10.2 Å². The molecule has 1 fully saturated rings. The second-order valence-corrected chi connectivity index (χ2v) is 10.3. The van der Waals surface area contributed by atoms with Crippen LogP contribution in [0.2, 0.25) is 5.15 Å². The Morgan fingerprint density at radius 2 is 1.89 bits per heavy atom. The maximum atomic E-state index is 12.7. The Kier molecular flexibility index (Phi) is 11.1. The molecule has 35 heavy (non-hydrogen) atoms. The number of hydrogen-bond donors (Lipinski definition) is 1. The highest BCUT2D eigenvalue weighted by Gasteiger charge is 2.28. The zero-order valence-corrected chi connectivity index (χ0v) is 22.3. The average molecular weight is 518 g/mol. The predicted octanol–water partition coefficient (Wildman–Crippen LogP) is 4.94. The van der Waals surface area contributed by atoms with Crippen LogP contribution in [-0.2, 0) is 16.1 Å². The first-order valence-corrected chi connectivity index (χ1v) is 13.8. The van der Waals surface area contributed by atoms with Gasteiger partial charge >= 0.3 is 0 Å². The van der Waals surface area contributed by atoms with Crippen LogP contribution in [0.15, 0.2) is 41.6 Å². The monoisotopic (exact) mass is 517 g/mol. The molecule has 1 N–H and O–H groups in total. The van der Waals surface area contributed by atoms with Gasteiger partial charge in [-0.3, -0.25) is 9.59 Å². The molecule has 9 heteroatoms. The highest BCUT2D eigenvalue weighted by molar-refractivity contribution is 7.99. The number of carbonyl (C=O) groups is 2. The number of amides is 2. The molecule has 1 atom stereocenters. The molecule has 1 saturated heterocycles. The minimum atomic E-state index is -0.0839. The molecule has 0 saturated carbocycles. The van der Waals surface area contributed by atoms with Crippen LogP contribution in [0.3, 0.4) is 0 Å². The van der Waals surface area contributed by atoms with Crippen LogP contribution in [0.4, 0.5) is 5.82 Å². The van der Waals surface area contributed by atoms with Crippen molar-refractivity contribution in [2.45, 2.75) is 70.1 Å². The number of unbranched alkanes of at least 4 members (excludes halogenated alkanes) is 4. The number of benzene rings is 1. The third-order valence-corrected chi connectivity index (χ3v) is 7.13. The number of nitrogens with one attached hydrogen (secondary N) is 1. The zero-order valence-electron chi connectivity index (χ0n) is 20.7. The van der Waals surface area contributed by atoms with E-state index < -0.39 is 0 Å². The Balaban J connectivity index is 1.48. The Labute approximate surface area is 218 Å². The summed E-state index contributed by atoms with van der Waals surface area (Å²) in [5.41, 5.74) is 1.05. The molecule has 0 bridgehead atoms. The van der Waals surface area contributed by atoms with E-state index in [1.807, 2.05) is 35.2 Å². The predicted molar refractivity (Wildman–Crippen MR) is 143 cm³/mol. The number of carbonyl (C=O) groups excluding carboxylic acids is 2. The van der Waals surface area contributed by atoms with Gasteiger partial charge < -0.3 is 15.1 Å². The van der Waals surface area contributed by atoms with Crippen LogP contribution >= 0.6 is 23.4 Å². The van der Waals surface area contributed by atoms with E-state index in [1.54, 1.807) is 6.07 Å². The van der Waals surface area contributed by atoms with Crippen molar-refractivity contribution < 1.29 is 9.59 Å². The van der Waals surface area contributed by atoms with Gasteiger partial charge in [0.2, 0.25) is 11.8 Å². The minimum Gasteiger partial charge on any atom is -0.353 e. The number of rotatable bonds is 12. The Bertz CT molecular complexity index is 962. The fourth-order valence-electron chi connectivity index (χ4n) is 4.15. The second kappa shape index (κ2) is 14.3. The highest BCUT2D eigenvalue weighted by atomic mass is 35.5. The second-order valence-electron chi connectivity index (χ2n) is 8.93. The van der Waals surface area contributed by atoms with Crippen LogP contribution in [0.25, 0.3) is 0 Å². The van der Waals surface area contributed by atoms with E-state index >= 15 is 0 Å². The molecule has 2 aromatic rings. The molecule has 0 spiro atoms. The first-order valence-electron chi connectivity index (χ1n) is 12.5. The maximum absolute atomic E-state index is 12.7. The Hall–Kier alpha value is -2.32. The van der Waals surface area contributed by atoms with Crippen molar-refractivity contribution in [2.75, 3.05) is 30.3 Å². The van der Waals surface area contributed by atoms with Gasteiger partial charge in [0.15, 0.2) is 5.16 Å². The third kappa shape index (κ3) is 9.00. The SMILES string of the molecule is CCCCCCCC(=O)N1CCN(c2cc(Cl)nc(SCC(=O)NCc3ccccc3)n2)CC1C. The quantitative estimate of drug-likeness (QED) is 0.186. The van der Waals surface area contributed by atoms with E-state index in [2.05, 4.69) is 34.0 Å². The Morgan fingerprint density at radius 3 is 2.63 bits per heavy atom. The zero-order chi connectivity index (χ0) is 25.0. The number of halogens is 1. The molecule has 3 rings (SSSR count). The molecule has 0 radical (unpaired) electrons. The molecule has 1 aromatic heterocycles. The summed E-state index contributed by atoms with van der Waals surface area (Å²) in [5.74, 6) is 1.10. The summed E-state index contributed by atoms with van der Waals surface area (Å²) in [5, 5.41) is 3.73. The molecule has 1 aliphatic heterocycles. The van der Waals surface area contributed by atoms with Gasteiger partial charge in [-0.25, -0.2) is 9.97 Å². The number of anilines is 1. The van der Waals surface area contributed by atoms with Gasteiger partial charge in [0.25, 0.3) is 0 Å². The highest BCUT2D eigenvalue weighted by Crippen LogP contribution is 2.24. The summed E-state index contributed by atoms with van der Waals surface area (Å²) in [6.07, 6.45) is 6.37. The molecule has 1 aliphatic rings. The van der Waals surface area contributed by atoms with Crippen LogP contribution in [0.1, 0.15) is 57.9 Å².